The standard InChI is InChI=1S/C23H25F3N4O4S/c1-23(2,3)35(32,33)28-21(31)18-13-27-30-8-6-16(12-20(18)30)29-7-4-5-19(29)14-9-15(24)11-17(10-14)34-22(25)26/h6,8-13,19,22H,4-5,7H2,1-3H3,(H,28,31)/t19-/m1/s1. The van der Waals surface area contributed by atoms with E-state index in [1.807, 2.05) is 4.90 Å². The molecule has 35 heavy (non-hydrogen) atoms. The van der Waals surface area contributed by atoms with Crippen molar-refractivity contribution in [2.45, 2.75) is 51.0 Å². The number of ether oxygens (including phenoxy) is 1. The number of benzene rings is 1. The fourth-order valence-corrected chi connectivity index (χ4v) is 4.68. The van der Waals surface area contributed by atoms with Crippen molar-refractivity contribution in [3.63, 3.8) is 0 Å². The minimum Gasteiger partial charge on any atom is -0.435 e. The maximum Gasteiger partial charge on any atom is 0.387 e. The van der Waals surface area contributed by atoms with Gasteiger partial charge in [0.1, 0.15) is 11.6 Å². The van der Waals surface area contributed by atoms with Gasteiger partial charge in [0, 0.05) is 24.5 Å². The van der Waals surface area contributed by atoms with Gasteiger partial charge < -0.3 is 9.64 Å². The van der Waals surface area contributed by atoms with E-state index in [1.54, 1.807) is 18.3 Å². The van der Waals surface area contributed by atoms with E-state index in [-0.39, 0.29) is 17.4 Å². The highest BCUT2D eigenvalue weighted by atomic mass is 32.2. The molecule has 3 heterocycles. The van der Waals surface area contributed by atoms with Gasteiger partial charge in [0.25, 0.3) is 5.91 Å². The Hall–Kier alpha value is -3.28. The third-order valence-corrected chi connectivity index (χ3v) is 7.94. The van der Waals surface area contributed by atoms with E-state index in [0.717, 1.165) is 12.5 Å². The molecule has 1 aromatic carbocycles. The summed E-state index contributed by atoms with van der Waals surface area (Å²) in [6, 6.07) is 6.74. The molecule has 1 amide bonds. The van der Waals surface area contributed by atoms with Crippen LogP contribution in [0.15, 0.2) is 42.7 Å². The second kappa shape index (κ2) is 9.06. The first-order valence-electron chi connectivity index (χ1n) is 10.9. The summed E-state index contributed by atoms with van der Waals surface area (Å²) >= 11 is 0. The van der Waals surface area contributed by atoms with Crippen molar-refractivity contribution in [2.24, 2.45) is 0 Å². The highest BCUT2D eigenvalue weighted by Crippen LogP contribution is 2.38. The van der Waals surface area contributed by atoms with Gasteiger partial charge in [0.15, 0.2) is 0 Å². The van der Waals surface area contributed by atoms with E-state index >= 15 is 0 Å². The van der Waals surface area contributed by atoms with Crippen LogP contribution in [0.5, 0.6) is 5.75 Å². The number of halogens is 3. The molecule has 0 saturated carbocycles. The van der Waals surface area contributed by atoms with Crippen LogP contribution in [-0.4, -0.2) is 41.8 Å². The Morgan fingerprint density at radius 3 is 2.66 bits per heavy atom. The summed E-state index contributed by atoms with van der Waals surface area (Å²) in [4.78, 5) is 14.8. The van der Waals surface area contributed by atoms with Crippen LogP contribution < -0.4 is 14.4 Å². The van der Waals surface area contributed by atoms with E-state index in [0.29, 0.717) is 29.7 Å². The van der Waals surface area contributed by atoms with Gasteiger partial charge in [-0.3, -0.25) is 4.79 Å². The predicted octanol–water partition coefficient (Wildman–Crippen LogP) is 4.27. The average Bonchev–Trinajstić information content (AvgIpc) is 3.38. The number of alkyl halides is 2. The van der Waals surface area contributed by atoms with Gasteiger partial charge in [-0.25, -0.2) is 22.0 Å². The van der Waals surface area contributed by atoms with E-state index in [4.69, 9.17) is 0 Å². The molecule has 0 spiro atoms. The smallest absolute Gasteiger partial charge is 0.387 e. The lowest BCUT2D eigenvalue weighted by Gasteiger charge is -2.27. The first-order chi connectivity index (χ1) is 16.4. The SMILES string of the molecule is CC(C)(C)S(=O)(=O)NC(=O)c1cnn2ccc(N3CCC[C@@H]3c3cc(F)cc(OC(F)F)c3)cc12. The highest BCUT2D eigenvalue weighted by Gasteiger charge is 2.32. The predicted molar refractivity (Wildman–Crippen MR) is 124 cm³/mol. The first-order valence-corrected chi connectivity index (χ1v) is 12.4. The number of carbonyl (C=O) groups excluding carboxylic acids is 1. The highest BCUT2D eigenvalue weighted by molar-refractivity contribution is 7.91. The largest absolute Gasteiger partial charge is 0.435 e. The number of nitrogens with one attached hydrogen (secondary N) is 1. The minimum absolute atomic E-state index is 0.0776. The third-order valence-electron chi connectivity index (χ3n) is 5.87. The Labute approximate surface area is 200 Å². The van der Waals surface area contributed by atoms with Crippen molar-refractivity contribution in [3.8, 4) is 5.75 Å². The number of aromatic nitrogens is 2. The quantitative estimate of drug-likeness (QED) is 0.532. The number of sulfonamides is 1. The lowest BCUT2D eigenvalue weighted by Crippen LogP contribution is -2.42. The monoisotopic (exact) mass is 510 g/mol. The summed E-state index contributed by atoms with van der Waals surface area (Å²) in [6.07, 6.45) is 4.34. The molecule has 2 aromatic heterocycles. The van der Waals surface area contributed by atoms with Crippen LogP contribution in [0.4, 0.5) is 18.9 Å². The van der Waals surface area contributed by atoms with Crippen LogP contribution in [0.3, 0.4) is 0 Å². The molecule has 4 rings (SSSR count). The topological polar surface area (TPSA) is 93.0 Å². The summed E-state index contributed by atoms with van der Waals surface area (Å²) in [5, 5.41) is 4.13. The molecule has 1 fully saturated rings. The van der Waals surface area contributed by atoms with Crippen molar-refractivity contribution in [1.82, 2.24) is 14.3 Å². The van der Waals surface area contributed by atoms with Gasteiger partial charge in [-0.15, -0.1) is 0 Å². The number of nitrogens with zero attached hydrogens (tertiary/aromatic N) is 3. The molecule has 188 valence electrons. The number of pyridine rings is 1. The van der Waals surface area contributed by atoms with Crippen LogP contribution in [-0.2, 0) is 10.0 Å². The number of hydrogen-bond acceptors (Lipinski definition) is 6. The Morgan fingerprint density at radius 1 is 1.23 bits per heavy atom. The third kappa shape index (κ3) is 5.07. The lowest BCUT2D eigenvalue weighted by molar-refractivity contribution is -0.0500. The zero-order valence-corrected chi connectivity index (χ0v) is 20.2. The molecule has 1 N–H and O–H groups in total. The average molecular weight is 511 g/mol. The number of anilines is 1. The molecular weight excluding hydrogens is 485 g/mol. The molecule has 1 atom stereocenters. The van der Waals surface area contributed by atoms with Crippen LogP contribution >= 0.6 is 0 Å². The van der Waals surface area contributed by atoms with Crippen molar-refractivity contribution in [1.29, 1.82) is 0 Å². The fraction of sp³-hybridized carbons (Fsp3) is 0.391. The number of rotatable bonds is 6. The number of fused-ring (bicyclic) bond motifs is 1. The zero-order valence-electron chi connectivity index (χ0n) is 19.3. The van der Waals surface area contributed by atoms with Gasteiger partial charge >= 0.3 is 6.61 Å². The van der Waals surface area contributed by atoms with Gasteiger partial charge in [0.05, 0.1) is 28.1 Å². The molecule has 0 aliphatic carbocycles. The molecular formula is C23H25F3N4O4S. The molecule has 12 heteroatoms. The lowest BCUT2D eigenvalue weighted by atomic mass is 10.0. The summed E-state index contributed by atoms with van der Waals surface area (Å²) in [7, 11) is -3.93. The van der Waals surface area contributed by atoms with Crippen molar-refractivity contribution >= 4 is 27.1 Å². The Kier molecular flexibility index (Phi) is 6.43. The first kappa shape index (κ1) is 24.8. The fourth-order valence-electron chi connectivity index (χ4n) is 4.02. The van der Waals surface area contributed by atoms with Crippen molar-refractivity contribution in [2.75, 3.05) is 11.4 Å². The van der Waals surface area contributed by atoms with Crippen molar-refractivity contribution < 1.29 is 31.1 Å². The maximum absolute atomic E-state index is 14.1. The second-order valence-electron chi connectivity index (χ2n) is 9.27. The molecule has 8 nitrogen and oxygen atoms in total. The second-order valence-corrected chi connectivity index (χ2v) is 11.7. The van der Waals surface area contributed by atoms with E-state index in [9.17, 15) is 26.4 Å². The van der Waals surface area contributed by atoms with Gasteiger partial charge in [0.2, 0.25) is 10.0 Å². The normalized spacial score (nSPS) is 16.8. The van der Waals surface area contributed by atoms with Crippen LogP contribution in [0.1, 0.15) is 55.6 Å². The van der Waals surface area contributed by atoms with Gasteiger partial charge in [-0.1, -0.05) is 0 Å². The Bertz CT molecular complexity index is 1370. The number of hydrogen-bond donors (Lipinski definition) is 1. The molecule has 0 radical (unpaired) electrons. The summed E-state index contributed by atoms with van der Waals surface area (Å²) in [5.41, 5.74) is 1.64. The maximum atomic E-state index is 14.1. The molecule has 1 aliphatic heterocycles. The molecule has 1 aliphatic rings. The van der Waals surface area contributed by atoms with Crippen LogP contribution in [0.25, 0.3) is 5.52 Å². The zero-order chi connectivity index (χ0) is 25.5. The van der Waals surface area contributed by atoms with Crippen LogP contribution in [0, 0.1) is 5.82 Å². The minimum atomic E-state index is -3.93. The van der Waals surface area contributed by atoms with E-state index in [2.05, 4.69) is 14.6 Å². The molecule has 0 bridgehead atoms. The molecule has 0 unspecified atom stereocenters. The van der Waals surface area contributed by atoms with Gasteiger partial charge in [-0.2, -0.15) is 13.9 Å². The van der Waals surface area contributed by atoms with Crippen LogP contribution in [0.2, 0.25) is 0 Å². The van der Waals surface area contributed by atoms with Crippen molar-refractivity contribution in [3.05, 3.63) is 59.7 Å². The van der Waals surface area contributed by atoms with E-state index in [1.165, 1.54) is 43.6 Å². The number of carbonyl (C=O) groups is 1. The molecule has 3 aromatic rings. The summed E-state index contributed by atoms with van der Waals surface area (Å²) in [5.74, 6) is -1.74. The Morgan fingerprint density at radius 2 is 1.97 bits per heavy atom. The summed E-state index contributed by atoms with van der Waals surface area (Å²) in [6.45, 7) is 1.98. The molecule has 1 saturated heterocycles. The van der Waals surface area contributed by atoms with E-state index < -0.39 is 33.1 Å². The summed E-state index contributed by atoms with van der Waals surface area (Å²) < 4.78 is 71.1. The Balaban J connectivity index is 1.67. The number of amides is 1. The van der Waals surface area contributed by atoms with Gasteiger partial charge in [-0.05, 0) is 63.4 Å².